The van der Waals surface area contributed by atoms with Gasteiger partial charge in [0.25, 0.3) is 6.47 Å². The quantitative estimate of drug-likeness (QED) is 0.571. The highest BCUT2D eigenvalue weighted by Gasteiger charge is 2.03. The summed E-state index contributed by atoms with van der Waals surface area (Å²) < 4.78 is 4.50. The van der Waals surface area contributed by atoms with E-state index in [-0.39, 0.29) is 16.9 Å². The van der Waals surface area contributed by atoms with Crippen LogP contribution >= 0.6 is 23.2 Å². The van der Waals surface area contributed by atoms with Crippen molar-refractivity contribution >= 4 is 29.7 Å². The molecule has 0 atom stereocenters. The highest BCUT2D eigenvalue weighted by atomic mass is 35.5. The van der Waals surface area contributed by atoms with Crippen molar-refractivity contribution in [3.8, 4) is 0 Å². The molecular weight excluding hydrogens is 215 g/mol. The van der Waals surface area contributed by atoms with Crippen LogP contribution in [0, 0.1) is 0 Å². The molecule has 0 bridgehead atoms. The maximum atomic E-state index is 9.84. The molecule has 0 aliphatic carbocycles. The van der Waals surface area contributed by atoms with E-state index in [1.165, 1.54) is 0 Å². The molecule has 0 amide bonds. The number of halogens is 2. The first-order valence-electron chi connectivity index (χ1n) is 3.47. The van der Waals surface area contributed by atoms with Gasteiger partial charge in [0, 0.05) is 6.42 Å². The van der Waals surface area contributed by atoms with Crippen LogP contribution in [0.4, 0.5) is 0 Å². The van der Waals surface area contributed by atoms with E-state index in [1.54, 1.807) is 6.07 Å². The lowest BCUT2D eigenvalue weighted by atomic mass is 10.2. The number of aromatic nitrogens is 2. The predicted octanol–water partition coefficient (Wildman–Crippen LogP) is 1.50. The molecule has 0 N–H and O–H groups in total. The number of carbonyl (C=O) groups is 1. The second kappa shape index (κ2) is 4.99. The number of hydrogen-bond acceptors (Lipinski definition) is 4. The third kappa shape index (κ3) is 3.16. The van der Waals surface area contributed by atoms with Gasteiger partial charge in [-0.15, -0.1) is 10.2 Å². The number of nitrogens with zero attached hydrogens (tertiary/aromatic N) is 2. The number of carbonyl (C=O) groups excluding carboxylic acids is 1. The SMILES string of the molecule is O=COCCc1cc(Cl)nnc1Cl. The molecule has 1 heterocycles. The smallest absolute Gasteiger partial charge is 0.293 e. The van der Waals surface area contributed by atoms with Crippen LogP contribution in [0.25, 0.3) is 0 Å². The van der Waals surface area contributed by atoms with Gasteiger partial charge in [0.1, 0.15) is 0 Å². The van der Waals surface area contributed by atoms with Gasteiger partial charge in [-0.25, -0.2) is 0 Å². The van der Waals surface area contributed by atoms with Gasteiger partial charge in [0.05, 0.1) is 6.61 Å². The second-order valence-electron chi connectivity index (χ2n) is 2.20. The minimum atomic E-state index is 0.255. The molecular formula is C7H6Cl2N2O2. The Morgan fingerprint density at radius 3 is 2.92 bits per heavy atom. The average Bonchev–Trinajstić information content (AvgIpc) is 2.11. The summed E-state index contributed by atoms with van der Waals surface area (Å²) in [6.07, 6.45) is 0.479. The maximum absolute atomic E-state index is 9.84. The van der Waals surface area contributed by atoms with Crippen molar-refractivity contribution in [1.29, 1.82) is 0 Å². The van der Waals surface area contributed by atoms with Gasteiger partial charge in [-0.1, -0.05) is 23.2 Å². The molecule has 0 saturated heterocycles. The Balaban J connectivity index is 2.64. The Kier molecular flexibility index (Phi) is 3.92. The fourth-order valence-corrected chi connectivity index (χ4v) is 1.14. The normalized spacial score (nSPS) is 9.69. The van der Waals surface area contributed by atoms with E-state index in [9.17, 15) is 4.79 Å². The Hall–Kier alpha value is -0.870. The standard InChI is InChI=1S/C7H6Cl2N2O2/c8-6-3-5(1-2-13-4-12)7(9)11-10-6/h3-4H,1-2H2. The molecule has 1 aromatic heterocycles. The van der Waals surface area contributed by atoms with Crippen molar-refractivity contribution in [3.63, 3.8) is 0 Å². The zero-order valence-electron chi connectivity index (χ0n) is 6.54. The minimum Gasteiger partial charge on any atom is -0.468 e. The molecule has 13 heavy (non-hydrogen) atoms. The van der Waals surface area contributed by atoms with Gasteiger partial charge in [0.2, 0.25) is 0 Å². The molecule has 6 heteroatoms. The second-order valence-corrected chi connectivity index (χ2v) is 2.95. The maximum Gasteiger partial charge on any atom is 0.293 e. The molecule has 0 aliphatic rings. The van der Waals surface area contributed by atoms with Gasteiger partial charge in [-0.2, -0.15) is 0 Å². The van der Waals surface area contributed by atoms with Crippen molar-refractivity contribution < 1.29 is 9.53 Å². The lowest BCUT2D eigenvalue weighted by Crippen LogP contribution is -1.99. The lowest BCUT2D eigenvalue weighted by Gasteiger charge is -2.01. The molecule has 0 aromatic carbocycles. The van der Waals surface area contributed by atoms with Crippen molar-refractivity contribution in [2.75, 3.05) is 6.61 Å². The molecule has 0 aliphatic heterocycles. The summed E-state index contributed by atoms with van der Waals surface area (Å²) >= 11 is 11.3. The fraction of sp³-hybridized carbons (Fsp3) is 0.286. The van der Waals surface area contributed by atoms with Gasteiger partial charge in [0.15, 0.2) is 10.3 Å². The summed E-state index contributed by atoms with van der Waals surface area (Å²) in [6.45, 7) is 0.634. The molecule has 0 unspecified atom stereocenters. The summed E-state index contributed by atoms with van der Waals surface area (Å²) in [5, 5.41) is 7.68. The van der Waals surface area contributed by atoms with Crippen LogP contribution in [-0.2, 0) is 16.0 Å². The zero-order chi connectivity index (χ0) is 9.68. The molecule has 0 spiro atoms. The summed E-state index contributed by atoms with van der Waals surface area (Å²) in [7, 11) is 0. The monoisotopic (exact) mass is 220 g/mol. The van der Waals surface area contributed by atoms with Gasteiger partial charge < -0.3 is 4.74 Å². The van der Waals surface area contributed by atoms with E-state index in [4.69, 9.17) is 23.2 Å². The fourth-order valence-electron chi connectivity index (χ4n) is 0.780. The van der Waals surface area contributed by atoms with E-state index in [0.717, 1.165) is 0 Å². The first-order chi connectivity index (χ1) is 6.24. The van der Waals surface area contributed by atoms with Crippen molar-refractivity contribution in [3.05, 3.63) is 21.9 Å². The Morgan fingerprint density at radius 1 is 1.46 bits per heavy atom. The van der Waals surface area contributed by atoms with E-state index in [0.29, 0.717) is 18.5 Å². The number of ether oxygens (including phenoxy) is 1. The highest BCUT2D eigenvalue weighted by molar-refractivity contribution is 6.31. The minimum absolute atomic E-state index is 0.255. The van der Waals surface area contributed by atoms with Crippen molar-refractivity contribution in [2.45, 2.75) is 6.42 Å². The van der Waals surface area contributed by atoms with E-state index >= 15 is 0 Å². The molecule has 4 nitrogen and oxygen atoms in total. The summed E-state index contributed by atoms with van der Waals surface area (Å²) in [6, 6.07) is 1.59. The van der Waals surface area contributed by atoms with Crippen LogP contribution < -0.4 is 0 Å². The first kappa shape index (κ1) is 10.2. The summed E-state index contributed by atoms with van der Waals surface area (Å²) in [5.41, 5.74) is 0.712. The third-order valence-corrected chi connectivity index (χ3v) is 1.85. The highest BCUT2D eigenvalue weighted by Crippen LogP contribution is 2.15. The Bertz CT molecular complexity index is 307. The van der Waals surface area contributed by atoms with E-state index in [2.05, 4.69) is 14.9 Å². The zero-order valence-corrected chi connectivity index (χ0v) is 8.05. The van der Waals surface area contributed by atoms with Gasteiger partial charge in [-0.3, -0.25) is 4.79 Å². The van der Waals surface area contributed by atoms with Gasteiger partial charge in [-0.05, 0) is 11.6 Å². The third-order valence-electron chi connectivity index (χ3n) is 1.35. The van der Waals surface area contributed by atoms with Crippen LogP contribution in [0.2, 0.25) is 10.3 Å². The first-order valence-corrected chi connectivity index (χ1v) is 4.22. The molecule has 0 saturated carbocycles. The molecule has 0 radical (unpaired) electrons. The largest absolute Gasteiger partial charge is 0.468 e. The lowest BCUT2D eigenvalue weighted by molar-refractivity contribution is -0.128. The molecule has 1 aromatic rings. The van der Waals surface area contributed by atoms with E-state index in [1.807, 2.05) is 0 Å². The predicted molar refractivity (Wildman–Crippen MR) is 47.8 cm³/mol. The summed E-state index contributed by atoms with van der Waals surface area (Å²) in [4.78, 5) is 9.84. The van der Waals surface area contributed by atoms with Crippen molar-refractivity contribution in [2.24, 2.45) is 0 Å². The van der Waals surface area contributed by atoms with Crippen LogP contribution in [-0.4, -0.2) is 23.3 Å². The van der Waals surface area contributed by atoms with E-state index < -0.39 is 0 Å². The topological polar surface area (TPSA) is 52.1 Å². The molecule has 0 fully saturated rings. The van der Waals surface area contributed by atoms with Crippen LogP contribution in [0.3, 0.4) is 0 Å². The Morgan fingerprint density at radius 2 is 2.23 bits per heavy atom. The number of hydrogen-bond donors (Lipinski definition) is 0. The van der Waals surface area contributed by atoms with Crippen molar-refractivity contribution in [1.82, 2.24) is 10.2 Å². The van der Waals surface area contributed by atoms with Gasteiger partial charge >= 0.3 is 0 Å². The number of rotatable bonds is 4. The Labute approximate surface area is 84.8 Å². The molecule has 1 rings (SSSR count). The molecule has 70 valence electrons. The van der Waals surface area contributed by atoms with Crippen LogP contribution in [0.5, 0.6) is 0 Å². The average molecular weight is 221 g/mol. The van der Waals surface area contributed by atoms with Crippen LogP contribution in [0.1, 0.15) is 5.56 Å². The van der Waals surface area contributed by atoms with Crippen LogP contribution in [0.15, 0.2) is 6.07 Å². The summed E-state index contributed by atoms with van der Waals surface area (Å²) in [5.74, 6) is 0.